The SMILES string of the molecule is C=CCOc1c(Br)cc(C2C3=C(CCCC3=O)OC(=N)C2C#N)cc1OC. The summed E-state index contributed by atoms with van der Waals surface area (Å²) < 4.78 is 17.3. The van der Waals surface area contributed by atoms with Crippen molar-refractivity contribution in [3.05, 3.63) is 46.2 Å². The highest BCUT2D eigenvalue weighted by Gasteiger charge is 2.43. The van der Waals surface area contributed by atoms with Gasteiger partial charge >= 0.3 is 0 Å². The van der Waals surface area contributed by atoms with Gasteiger partial charge in [0.2, 0.25) is 5.90 Å². The van der Waals surface area contributed by atoms with Crippen LogP contribution in [0.15, 0.2) is 40.6 Å². The number of hydrogen-bond donors (Lipinski definition) is 1. The molecule has 1 aromatic carbocycles. The molecule has 0 radical (unpaired) electrons. The Labute approximate surface area is 166 Å². The molecular weight excluding hydrogens is 412 g/mol. The Morgan fingerprint density at radius 3 is 2.93 bits per heavy atom. The van der Waals surface area contributed by atoms with Crippen LogP contribution in [0.5, 0.6) is 11.5 Å². The molecule has 1 heterocycles. The third-order valence-corrected chi connectivity index (χ3v) is 5.25. The average molecular weight is 431 g/mol. The van der Waals surface area contributed by atoms with E-state index in [1.54, 1.807) is 18.2 Å². The van der Waals surface area contributed by atoms with Gasteiger partial charge in [-0.3, -0.25) is 10.2 Å². The summed E-state index contributed by atoms with van der Waals surface area (Å²) in [6.07, 6.45) is 3.33. The van der Waals surface area contributed by atoms with Crippen LogP contribution in [0.25, 0.3) is 0 Å². The van der Waals surface area contributed by atoms with Crippen molar-refractivity contribution in [2.45, 2.75) is 25.2 Å². The summed E-state index contributed by atoms with van der Waals surface area (Å²) in [5, 5.41) is 17.8. The Balaban J connectivity index is 2.15. The molecule has 1 aromatic rings. The normalized spacial score (nSPS) is 21.8. The van der Waals surface area contributed by atoms with Gasteiger partial charge in [-0.05, 0) is 40.0 Å². The first-order valence-corrected chi connectivity index (χ1v) is 9.34. The van der Waals surface area contributed by atoms with E-state index >= 15 is 0 Å². The van der Waals surface area contributed by atoms with Crippen LogP contribution in [-0.4, -0.2) is 25.4 Å². The number of Topliss-reactive ketones (excluding diaryl/α,β-unsaturated/α-hetero) is 1. The van der Waals surface area contributed by atoms with Gasteiger partial charge in [0.15, 0.2) is 17.3 Å². The van der Waals surface area contributed by atoms with Gasteiger partial charge in [0.25, 0.3) is 0 Å². The number of carbonyl (C=O) groups excluding carboxylic acids is 1. The van der Waals surface area contributed by atoms with Gasteiger partial charge in [-0.15, -0.1) is 0 Å². The number of rotatable bonds is 5. The summed E-state index contributed by atoms with van der Waals surface area (Å²) in [6, 6.07) is 5.68. The molecule has 0 aromatic heterocycles. The van der Waals surface area contributed by atoms with Crippen molar-refractivity contribution in [2.75, 3.05) is 13.7 Å². The van der Waals surface area contributed by atoms with E-state index in [9.17, 15) is 10.1 Å². The molecule has 1 aliphatic heterocycles. The lowest BCUT2D eigenvalue weighted by Gasteiger charge is -2.34. The first-order chi connectivity index (χ1) is 13.0. The molecule has 0 saturated heterocycles. The number of methoxy groups -OCH3 is 1. The van der Waals surface area contributed by atoms with Gasteiger partial charge < -0.3 is 14.2 Å². The van der Waals surface area contributed by atoms with Gasteiger partial charge in [0, 0.05) is 24.3 Å². The predicted molar refractivity (Wildman–Crippen MR) is 103 cm³/mol. The minimum absolute atomic E-state index is 0.0314. The molecule has 2 unspecified atom stereocenters. The van der Waals surface area contributed by atoms with Crippen LogP contribution in [-0.2, 0) is 9.53 Å². The Kier molecular flexibility index (Phi) is 5.66. The van der Waals surface area contributed by atoms with Crippen molar-refractivity contribution in [3.63, 3.8) is 0 Å². The highest BCUT2D eigenvalue weighted by molar-refractivity contribution is 9.10. The van der Waals surface area contributed by atoms with E-state index in [1.165, 1.54) is 7.11 Å². The molecule has 1 N–H and O–H groups in total. The van der Waals surface area contributed by atoms with Crippen LogP contribution in [0.4, 0.5) is 0 Å². The van der Waals surface area contributed by atoms with Gasteiger partial charge in [-0.2, -0.15) is 5.26 Å². The minimum Gasteiger partial charge on any atom is -0.493 e. The van der Waals surface area contributed by atoms with Crippen LogP contribution >= 0.6 is 15.9 Å². The monoisotopic (exact) mass is 430 g/mol. The molecular formula is C20H19BrN2O4. The van der Waals surface area contributed by atoms with E-state index < -0.39 is 11.8 Å². The third kappa shape index (κ3) is 3.50. The minimum atomic E-state index is -0.873. The largest absolute Gasteiger partial charge is 0.493 e. The molecule has 27 heavy (non-hydrogen) atoms. The molecule has 2 atom stereocenters. The fourth-order valence-electron chi connectivity index (χ4n) is 3.50. The zero-order valence-corrected chi connectivity index (χ0v) is 16.5. The van der Waals surface area contributed by atoms with Gasteiger partial charge in [-0.1, -0.05) is 12.7 Å². The maximum absolute atomic E-state index is 12.6. The number of nitrogens with one attached hydrogen (secondary N) is 1. The van der Waals surface area contributed by atoms with Gasteiger partial charge in [-0.25, -0.2) is 0 Å². The number of ether oxygens (including phenoxy) is 3. The highest BCUT2D eigenvalue weighted by atomic mass is 79.9. The van der Waals surface area contributed by atoms with E-state index in [0.29, 0.717) is 58.7 Å². The number of benzene rings is 1. The van der Waals surface area contributed by atoms with Crippen molar-refractivity contribution < 1.29 is 19.0 Å². The summed E-state index contributed by atoms with van der Waals surface area (Å²) in [7, 11) is 1.52. The van der Waals surface area contributed by atoms with Crippen LogP contribution in [0.1, 0.15) is 30.7 Å². The third-order valence-electron chi connectivity index (χ3n) is 4.66. The first kappa shape index (κ1) is 19.2. The number of hydrogen-bond acceptors (Lipinski definition) is 6. The zero-order chi connectivity index (χ0) is 19.6. The molecule has 0 spiro atoms. The number of allylic oxidation sites excluding steroid dienone is 2. The molecule has 3 rings (SSSR count). The maximum Gasteiger partial charge on any atom is 0.205 e. The van der Waals surface area contributed by atoms with E-state index in [0.717, 1.165) is 0 Å². The van der Waals surface area contributed by atoms with Crippen molar-refractivity contribution in [1.82, 2.24) is 0 Å². The van der Waals surface area contributed by atoms with Crippen LogP contribution < -0.4 is 9.47 Å². The fraction of sp³-hybridized carbons (Fsp3) is 0.350. The molecule has 6 nitrogen and oxygen atoms in total. The molecule has 0 fully saturated rings. The Morgan fingerprint density at radius 2 is 2.26 bits per heavy atom. The van der Waals surface area contributed by atoms with Crippen molar-refractivity contribution in [2.24, 2.45) is 5.92 Å². The Morgan fingerprint density at radius 1 is 1.48 bits per heavy atom. The van der Waals surface area contributed by atoms with E-state index in [-0.39, 0.29) is 11.7 Å². The fourth-order valence-corrected chi connectivity index (χ4v) is 4.07. The number of nitriles is 1. The topological polar surface area (TPSA) is 92.4 Å². The van der Waals surface area contributed by atoms with Crippen LogP contribution in [0, 0.1) is 22.7 Å². The second-order valence-corrected chi connectivity index (χ2v) is 7.15. The van der Waals surface area contributed by atoms with E-state index in [1.807, 2.05) is 0 Å². The maximum atomic E-state index is 12.6. The summed E-state index contributed by atoms with van der Waals surface area (Å²) in [5.74, 6) is -0.105. The van der Waals surface area contributed by atoms with Crippen molar-refractivity contribution >= 4 is 27.6 Å². The molecule has 1 aliphatic carbocycles. The molecule has 0 amide bonds. The quantitative estimate of drug-likeness (QED) is 0.704. The Bertz CT molecular complexity index is 885. The molecule has 0 saturated carbocycles. The highest BCUT2D eigenvalue weighted by Crippen LogP contribution is 2.47. The summed E-state index contributed by atoms with van der Waals surface area (Å²) >= 11 is 3.49. The second-order valence-electron chi connectivity index (χ2n) is 6.30. The first-order valence-electron chi connectivity index (χ1n) is 8.55. The summed E-state index contributed by atoms with van der Waals surface area (Å²) in [6.45, 7) is 3.95. The summed E-state index contributed by atoms with van der Waals surface area (Å²) in [5.41, 5.74) is 1.20. The lowest BCUT2D eigenvalue weighted by Crippen LogP contribution is -2.34. The van der Waals surface area contributed by atoms with E-state index in [2.05, 4.69) is 28.6 Å². The lowest BCUT2D eigenvalue weighted by atomic mass is 9.74. The molecule has 140 valence electrons. The number of nitrogens with zero attached hydrogens (tertiary/aromatic N) is 1. The standard InChI is InChI=1S/C20H19BrN2O4/c1-3-7-26-19-13(21)8-11(9-16(19)25-2)17-12(10-22)20(23)27-15-6-4-5-14(24)18(15)17/h3,8-9,12,17,23H,1,4-7H2,2H3. The Hall–Kier alpha value is -2.59. The predicted octanol–water partition coefficient (Wildman–Crippen LogP) is 4.26. The molecule has 7 heteroatoms. The van der Waals surface area contributed by atoms with Crippen molar-refractivity contribution in [1.29, 1.82) is 10.7 Å². The van der Waals surface area contributed by atoms with Gasteiger partial charge in [0.05, 0.1) is 17.7 Å². The van der Waals surface area contributed by atoms with Crippen LogP contribution in [0.2, 0.25) is 0 Å². The lowest BCUT2D eigenvalue weighted by molar-refractivity contribution is -0.116. The van der Waals surface area contributed by atoms with Gasteiger partial charge in [0.1, 0.15) is 18.3 Å². The number of halogens is 1. The number of ketones is 1. The zero-order valence-electron chi connectivity index (χ0n) is 14.9. The average Bonchev–Trinajstić information content (AvgIpc) is 2.65. The number of carbonyl (C=O) groups is 1. The van der Waals surface area contributed by atoms with E-state index in [4.69, 9.17) is 19.6 Å². The molecule has 0 bridgehead atoms. The summed E-state index contributed by atoms with van der Waals surface area (Å²) in [4.78, 5) is 12.6. The van der Waals surface area contributed by atoms with Crippen molar-refractivity contribution in [3.8, 4) is 17.6 Å². The molecule has 2 aliphatic rings. The smallest absolute Gasteiger partial charge is 0.205 e. The second kappa shape index (κ2) is 7.97. The van der Waals surface area contributed by atoms with Crippen LogP contribution in [0.3, 0.4) is 0 Å².